The smallest absolute Gasteiger partial charge is 0.258 e. The van der Waals surface area contributed by atoms with E-state index in [0.717, 1.165) is 5.75 Å². The van der Waals surface area contributed by atoms with E-state index in [9.17, 15) is 4.79 Å². The molecule has 106 valence electrons. The number of ether oxygens (including phenoxy) is 2. The van der Waals surface area contributed by atoms with Crippen LogP contribution in [0.2, 0.25) is 0 Å². The summed E-state index contributed by atoms with van der Waals surface area (Å²) in [6.45, 7) is 1.81. The van der Waals surface area contributed by atoms with Crippen LogP contribution in [0.5, 0.6) is 11.5 Å². The van der Waals surface area contributed by atoms with E-state index in [-0.39, 0.29) is 19.1 Å². The fraction of sp³-hybridized carbons (Fsp3) is 0.308. The van der Waals surface area contributed by atoms with Crippen molar-refractivity contribution in [2.75, 3.05) is 13.7 Å². The average molecular weight is 277 g/mol. The maximum absolute atomic E-state index is 11.6. The van der Waals surface area contributed by atoms with Crippen molar-refractivity contribution in [1.29, 1.82) is 0 Å². The zero-order valence-electron chi connectivity index (χ0n) is 11.3. The van der Waals surface area contributed by atoms with Crippen LogP contribution in [0, 0.1) is 6.92 Å². The molecule has 0 bridgehead atoms. The van der Waals surface area contributed by atoms with E-state index in [1.165, 1.54) is 0 Å². The highest BCUT2D eigenvalue weighted by molar-refractivity contribution is 5.77. The van der Waals surface area contributed by atoms with Crippen molar-refractivity contribution >= 4 is 5.91 Å². The molecule has 0 aliphatic heterocycles. The first-order valence-corrected chi connectivity index (χ1v) is 6.00. The van der Waals surface area contributed by atoms with Gasteiger partial charge in [-0.3, -0.25) is 4.79 Å². The van der Waals surface area contributed by atoms with Gasteiger partial charge < -0.3 is 19.3 Å². The summed E-state index contributed by atoms with van der Waals surface area (Å²) < 4.78 is 15.2. The van der Waals surface area contributed by atoms with Gasteiger partial charge in [0, 0.05) is 0 Å². The third-order valence-corrected chi connectivity index (χ3v) is 2.44. The van der Waals surface area contributed by atoms with Crippen molar-refractivity contribution in [3.05, 3.63) is 36.0 Å². The predicted molar refractivity (Wildman–Crippen MR) is 69.4 cm³/mol. The minimum absolute atomic E-state index is 0.0839. The standard InChI is InChI=1S/C13H15N3O4/c1-9-15-13(20-16-9)7-14-12(17)8-19-11-5-3-10(18-2)4-6-11/h3-6H,7-8H2,1-2H3,(H,14,17). The van der Waals surface area contributed by atoms with E-state index in [0.29, 0.717) is 17.5 Å². The predicted octanol–water partition coefficient (Wildman–Crippen LogP) is 1.08. The molecule has 1 heterocycles. The van der Waals surface area contributed by atoms with Crippen LogP contribution in [0.25, 0.3) is 0 Å². The third kappa shape index (κ3) is 3.98. The van der Waals surface area contributed by atoms with Crippen LogP contribution in [0.15, 0.2) is 28.8 Å². The summed E-state index contributed by atoms with van der Waals surface area (Å²) in [6.07, 6.45) is 0. The summed E-state index contributed by atoms with van der Waals surface area (Å²) >= 11 is 0. The number of methoxy groups -OCH3 is 1. The molecule has 20 heavy (non-hydrogen) atoms. The summed E-state index contributed by atoms with van der Waals surface area (Å²) in [4.78, 5) is 15.5. The summed E-state index contributed by atoms with van der Waals surface area (Å²) in [5.74, 6) is 1.95. The van der Waals surface area contributed by atoms with Crippen LogP contribution in [-0.2, 0) is 11.3 Å². The zero-order chi connectivity index (χ0) is 14.4. The summed E-state index contributed by atoms with van der Waals surface area (Å²) in [6, 6.07) is 6.98. The number of aromatic nitrogens is 2. The molecule has 0 radical (unpaired) electrons. The Hall–Kier alpha value is -2.57. The highest BCUT2D eigenvalue weighted by atomic mass is 16.5. The van der Waals surface area contributed by atoms with Crippen molar-refractivity contribution in [2.24, 2.45) is 0 Å². The number of hydrogen-bond acceptors (Lipinski definition) is 6. The summed E-state index contributed by atoms with van der Waals surface area (Å²) in [5, 5.41) is 6.24. The molecule has 0 fully saturated rings. The fourth-order valence-electron chi connectivity index (χ4n) is 1.46. The number of hydrogen-bond donors (Lipinski definition) is 1. The molecule has 0 saturated carbocycles. The molecule has 2 rings (SSSR count). The molecular formula is C13H15N3O4. The number of carbonyl (C=O) groups excluding carboxylic acids is 1. The summed E-state index contributed by atoms with van der Waals surface area (Å²) in [5.41, 5.74) is 0. The molecule has 1 N–H and O–H groups in total. The van der Waals surface area contributed by atoms with E-state index in [1.54, 1.807) is 38.3 Å². The first kappa shape index (κ1) is 13.9. The van der Waals surface area contributed by atoms with Crippen LogP contribution in [0.3, 0.4) is 0 Å². The SMILES string of the molecule is COc1ccc(OCC(=O)NCc2nc(C)no2)cc1. The van der Waals surface area contributed by atoms with Gasteiger partial charge in [-0.15, -0.1) is 0 Å². The number of nitrogens with zero attached hydrogens (tertiary/aromatic N) is 2. The minimum Gasteiger partial charge on any atom is -0.497 e. The quantitative estimate of drug-likeness (QED) is 0.850. The lowest BCUT2D eigenvalue weighted by Gasteiger charge is -2.06. The van der Waals surface area contributed by atoms with Gasteiger partial charge in [-0.25, -0.2) is 0 Å². The Morgan fingerprint density at radius 1 is 1.30 bits per heavy atom. The number of carbonyl (C=O) groups is 1. The molecule has 0 atom stereocenters. The van der Waals surface area contributed by atoms with Crippen molar-refractivity contribution in [3.8, 4) is 11.5 Å². The van der Waals surface area contributed by atoms with Gasteiger partial charge in [0.05, 0.1) is 13.7 Å². The third-order valence-electron chi connectivity index (χ3n) is 2.44. The molecule has 2 aromatic rings. The average Bonchev–Trinajstić information content (AvgIpc) is 2.89. The van der Waals surface area contributed by atoms with Crippen LogP contribution < -0.4 is 14.8 Å². The maximum atomic E-state index is 11.6. The first-order chi connectivity index (χ1) is 9.67. The van der Waals surface area contributed by atoms with Crippen LogP contribution in [0.1, 0.15) is 11.7 Å². The number of aryl methyl sites for hydroxylation is 1. The van der Waals surface area contributed by atoms with Crippen molar-refractivity contribution < 1.29 is 18.8 Å². The Kier molecular flexibility index (Phi) is 4.54. The highest BCUT2D eigenvalue weighted by Gasteiger charge is 2.06. The van der Waals surface area contributed by atoms with Crippen molar-refractivity contribution in [2.45, 2.75) is 13.5 Å². The molecular weight excluding hydrogens is 262 g/mol. The van der Waals surface area contributed by atoms with Gasteiger partial charge in [0.1, 0.15) is 11.5 Å². The molecule has 0 aliphatic carbocycles. The Balaban J connectivity index is 1.74. The fourth-order valence-corrected chi connectivity index (χ4v) is 1.46. The minimum atomic E-state index is -0.267. The maximum Gasteiger partial charge on any atom is 0.258 e. The normalized spacial score (nSPS) is 10.1. The van der Waals surface area contributed by atoms with Gasteiger partial charge in [0.25, 0.3) is 5.91 Å². The van der Waals surface area contributed by atoms with Crippen LogP contribution in [-0.4, -0.2) is 29.8 Å². The van der Waals surface area contributed by atoms with E-state index in [1.807, 2.05) is 0 Å². The van der Waals surface area contributed by atoms with Gasteiger partial charge in [0.15, 0.2) is 12.4 Å². The second kappa shape index (κ2) is 6.55. The Bertz CT molecular complexity index is 565. The second-order valence-electron chi connectivity index (χ2n) is 3.98. The molecule has 0 aliphatic rings. The lowest BCUT2D eigenvalue weighted by Crippen LogP contribution is -2.28. The largest absolute Gasteiger partial charge is 0.497 e. The molecule has 1 aromatic carbocycles. The lowest BCUT2D eigenvalue weighted by molar-refractivity contribution is -0.123. The van der Waals surface area contributed by atoms with Crippen molar-refractivity contribution in [1.82, 2.24) is 15.5 Å². The van der Waals surface area contributed by atoms with E-state index in [2.05, 4.69) is 15.5 Å². The molecule has 1 aromatic heterocycles. The Morgan fingerprint density at radius 3 is 2.60 bits per heavy atom. The number of nitrogens with one attached hydrogen (secondary N) is 1. The molecule has 0 spiro atoms. The summed E-state index contributed by atoms with van der Waals surface area (Å²) in [7, 11) is 1.59. The molecule has 7 nitrogen and oxygen atoms in total. The highest BCUT2D eigenvalue weighted by Crippen LogP contribution is 2.16. The van der Waals surface area contributed by atoms with E-state index < -0.39 is 0 Å². The topological polar surface area (TPSA) is 86.5 Å². The van der Waals surface area contributed by atoms with Gasteiger partial charge in [-0.1, -0.05) is 5.16 Å². The van der Waals surface area contributed by atoms with Crippen LogP contribution in [0.4, 0.5) is 0 Å². The van der Waals surface area contributed by atoms with E-state index >= 15 is 0 Å². The Morgan fingerprint density at radius 2 is 2.00 bits per heavy atom. The van der Waals surface area contributed by atoms with Gasteiger partial charge >= 0.3 is 0 Å². The van der Waals surface area contributed by atoms with Gasteiger partial charge in [-0.2, -0.15) is 4.98 Å². The van der Waals surface area contributed by atoms with Crippen molar-refractivity contribution in [3.63, 3.8) is 0 Å². The van der Waals surface area contributed by atoms with Crippen LogP contribution >= 0.6 is 0 Å². The van der Waals surface area contributed by atoms with Gasteiger partial charge in [-0.05, 0) is 31.2 Å². The molecule has 7 heteroatoms. The number of benzene rings is 1. The monoisotopic (exact) mass is 277 g/mol. The zero-order valence-corrected chi connectivity index (χ0v) is 11.3. The molecule has 0 unspecified atom stereocenters. The van der Waals surface area contributed by atoms with Gasteiger partial charge in [0.2, 0.25) is 5.89 Å². The Labute approximate surface area is 115 Å². The number of rotatable bonds is 6. The van der Waals surface area contributed by atoms with E-state index in [4.69, 9.17) is 14.0 Å². The molecule has 1 amide bonds. The molecule has 0 saturated heterocycles. The lowest BCUT2D eigenvalue weighted by atomic mass is 10.3. The second-order valence-corrected chi connectivity index (χ2v) is 3.98. The number of amides is 1. The first-order valence-electron chi connectivity index (χ1n) is 6.00.